The number of ether oxygens (including phenoxy) is 1. The number of carbonyl (C=O) groups excluding carboxylic acids is 1. The molecule has 0 aromatic heterocycles. The van der Waals surface area contributed by atoms with Crippen LogP contribution >= 0.6 is 24.0 Å². The molecule has 0 radical (unpaired) electrons. The van der Waals surface area contributed by atoms with Gasteiger partial charge in [-0.2, -0.15) is 0 Å². The number of amides is 1. The van der Waals surface area contributed by atoms with Crippen LogP contribution in [0.25, 0.3) is 0 Å². The summed E-state index contributed by atoms with van der Waals surface area (Å²) in [5.74, 6) is 1.48. The number of nitrogens with zero attached hydrogens (tertiary/aromatic N) is 1. The maximum atomic E-state index is 12.1. The van der Waals surface area contributed by atoms with Crippen molar-refractivity contribution in [1.29, 1.82) is 0 Å². The third-order valence-corrected chi connectivity index (χ3v) is 4.05. The number of benzene rings is 2. The van der Waals surface area contributed by atoms with Crippen molar-refractivity contribution >= 4 is 35.8 Å². The Morgan fingerprint density at radius 2 is 1.79 bits per heavy atom. The molecule has 2 aromatic rings. The lowest BCUT2D eigenvalue weighted by Gasteiger charge is -2.14. The van der Waals surface area contributed by atoms with Gasteiger partial charge >= 0.3 is 0 Å². The summed E-state index contributed by atoms with van der Waals surface area (Å²) in [6.45, 7) is 3.88. The molecule has 0 aliphatic rings. The van der Waals surface area contributed by atoms with Gasteiger partial charge in [0.15, 0.2) is 5.96 Å². The molecule has 3 N–H and O–H groups in total. The fraction of sp³-hybridized carbons (Fsp3) is 0.333. The number of hydrogen-bond donors (Lipinski definition) is 3. The smallest absolute Gasteiger partial charge is 0.251 e. The molecule has 2 rings (SSSR count). The highest BCUT2D eigenvalue weighted by atomic mass is 127. The first kappa shape index (κ1) is 23.7. The van der Waals surface area contributed by atoms with Gasteiger partial charge in [-0.05, 0) is 30.2 Å². The van der Waals surface area contributed by atoms with Crippen LogP contribution < -0.4 is 20.7 Å². The van der Waals surface area contributed by atoms with E-state index in [0.717, 1.165) is 23.3 Å². The van der Waals surface area contributed by atoms with Crippen molar-refractivity contribution < 1.29 is 9.53 Å². The molecule has 0 aliphatic carbocycles. The Morgan fingerprint density at radius 1 is 1.04 bits per heavy atom. The number of methoxy groups -OCH3 is 1. The average molecular weight is 496 g/mol. The van der Waals surface area contributed by atoms with E-state index in [-0.39, 0.29) is 29.9 Å². The van der Waals surface area contributed by atoms with Crippen molar-refractivity contribution in [2.24, 2.45) is 4.99 Å². The minimum Gasteiger partial charge on any atom is -0.496 e. The van der Waals surface area contributed by atoms with Gasteiger partial charge in [0.1, 0.15) is 5.75 Å². The summed E-state index contributed by atoms with van der Waals surface area (Å²) in [5, 5.41) is 9.44. The van der Waals surface area contributed by atoms with Crippen LogP contribution in [0.4, 0.5) is 0 Å². The fourth-order valence-corrected chi connectivity index (χ4v) is 2.60. The number of rotatable bonds is 8. The molecule has 0 heterocycles. The van der Waals surface area contributed by atoms with Crippen molar-refractivity contribution in [2.45, 2.75) is 26.4 Å². The lowest BCUT2D eigenvalue weighted by atomic mass is 10.1. The summed E-state index contributed by atoms with van der Waals surface area (Å²) in [5.41, 5.74) is 2.73. The number of halogens is 1. The van der Waals surface area contributed by atoms with Crippen molar-refractivity contribution in [3.8, 4) is 5.75 Å². The molecule has 2 aromatic carbocycles. The molecule has 1 amide bonds. The van der Waals surface area contributed by atoms with Crippen LogP contribution in [-0.2, 0) is 13.1 Å². The van der Waals surface area contributed by atoms with Crippen LogP contribution in [0.5, 0.6) is 5.75 Å². The first-order valence-electron chi connectivity index (χ1n) is 9.11. The number of para-hydroxylation sites is 1. The minimum absolute atomic E-state index is 0. The molecule has 28 heavy (non-hydrogen) atoms. The van der Waals surface area contributed by atoms with Gasteiger partial charge in [0, 0.05) is 37.8 Å². The second-order valence-electron chi connectivity index (χ2n) is 6.05. The summed E-state index contributed by atoms with van der Waals surface area (Å²) in [4.78, 5) is 16.3. The van der Waals surface area contributed by atoms with Crippen LogP contribution in [0.1, 0.15) is 34.8 Å². The van der Waals surface area contributed by atoms with Crippen molar-refractivity contribution in [3.63, 3.8) is 0 Å². The lowest BCUT2D eigenvalue weighted by Crippen LogP contribution is -2.36. The standard InChI is InChI=1S/C21H28N4O2.HI/c1-4-12-23-20(26)17-10-7-8-16(13-17)14-24-21(22-2)25-15-18-9-5-6-11-19(18)27-3;/h5-11,13H,4,12,14-15H2,1-3H3,(H,23,26)(H2,22,24,25);1H. The van der Waals surface area contributed by atoms with Crippen LogP contribution in [-0.4, -0.2) is 32.6 Å². The first-order chi connectivity index (χ1) is 13.2. The fourth-order valence-electron chi connectivity index (χ4n) is 2.60. The SMILES string of the molecule is CCCNC(=O)c1cccc(CNC(=NC)NCc2ccccc2OC)c1.I. The van der Waals surface area contributed by atoms with Gasteiger partial charge < -0.3 is 20.7 Å². The molecule has 7 heteroatoms. The molecule has 0 atom stereocenters. The molecule has 0 fully saturated rings. The Morgan fingerprint density at radius 3 is 2.50 bits per heavy atom. The maximum absolute atomic E-state index is 12.1. The molecular weight excluding hydrogens is 467 g/mol. The summed E-state index contributed by atoms with van der Waals surface area (Å²) in [6.07, 6.45) is 0.918. The largest absolute Gasteiger partial charge is 0.496 e. The van der Waals surface area contributed by atoms with E-state index < -0.39 is 0 Å². The summed E-state index contributed by atoms with van der Waals surface area (Å²) in [7, 11) is 3.39. The predicted molar refractivity (Wildman–Crippen MR) is 125 cm³/mol. The van der Waals surface area contributed by atoms with Gasteiger partial charge in [0.2, 0.25) is 0 Å². The molecule has 0 saturated heterocycles. The van der Waals surface area contributed by atoms with E-state index in [0.29, 0.717) is 31.2 Å². The van der Waals surface area contributed by atoms with E-state index >= 15 is 0 Å². The Hall–Kier alpha value is -2.29. The van der Waals surface area contributed by atoms with Crippen LogP contribution in [0, 0.1) is 0 Å². The number of nitrogens with one attached hydrogen (secondary N) is 3. The van der Waals surface area contributed by atoms with E-state index in [9.17, 15) is 4.79 Å². The quantitative estimate of drug-likeness (QED) is 0.298. The highest BCUT2D eigenvalue weighted by molar-refractivity contribution is 14.0. The molecule has 0 bridgehead atoms. The van der Waals surface area contributed by atoms with Gasteiger partial charge in [-0.25, -0.2) is 0 Å². The Bertz CT molecular complexity index is 781. The van der Waals surface area contributed by atoms with Gasteiger partial charge in [-0.1, -0.05) is 37.3 Å². The van der Waals surface area contributed by atoms with Crippen LogP contribution in [0.3, 0.4) is 0 Å². The van der Waals surface area contributed by atoms with E-state index in [1.54, 1.807) is 14.2 Å². The predicted octanol–water partition coefficient (Wildman–Crippen LogP) is 3.32. The topological polar surface area (TPSA) is 74.8 Å². The zero-order valence-electron chi connectivity index (χ0n) is 16.6. The minimum atomic E-state index is -0.0441. The Balaban J connectivity index is 0.00000392. The molecule has 0 aliphatic heterocycles. The number of aliphatic imine (C=N–C) groups is 1. The zero-order valence-corrected chi connectivity index (χ0v) is 18.9. The molecule has 0 unspecified atom stereocenters. The number of guanidine groups is 1. The molecular formula is C21H29IN4O2. The third kappa shape index (κ3) is 7.38. The third-order valence-electron chi connectivity index (χ3n) is 4.05. The van der Waals surface area contributed by atoms with Crippen molar-refractivity contribution in [2.75, 3.05) is 20.7 Å². The first-order valence-corrected chi connectivity index (χ1v) is 9.11. The Labute approximate surface area is 184 Å². The van der Waals surface area contributed by atoms with E-state index in [4.69, 9.17) is 4.74 Å². The summed E-state index contributed by atoms with van der Waals surface area (Å²) < 4.78 is 5.37. The lowest BCUT2D eigenvalue weighted by molar-refractivity contribution is 0.0953. The van der Waals surface area contributed by atoms with Crippen LogP contribution in [0.2, 0.25) is 0 Å². The van der Waals surface area contributed by atoms with Crippen LogP contribution in [0.15, 0.2) is 53.5 Å². The second-order valence-corrected chi connectivity index (χ2v) is 6.05. The zero-order chi connectivity index (χ0) is 19.5. The summed E-state index contributed by atoms with van der Waals surface area (Å²) >= 11 is 0. The highest BCUT2D eigenvalue weighted by Gasteiger charge is 2.06. The Kier molecular flexibility index (Phi) is 11.0. The number of carbonyl (C=O) groups is 1. The second kappa shape index (κ2) is 13.0. The van der Waals surface area contributed by atoms with Crippen molar-refractivity contribution in [1.82, 2.24) is 16.0 Å². The van der Waals surface area contributed by atoms with Gasteiger partial charge in [0.05, 0.1) is 7.11 Å². The van der Waals surface area contributed by atoms with Gasteiger partial charge in [0.25, 0.3) is 5.91 Å². The average Bonchev–Trinajstić information content (AvgIpc) is 2.72. The normalized spacial score (nSPS) is 10.6. The molecule has 0 saturated carbocycles. The van der Waals surface area contributed by atoms with E-state index in [1.165, 1.54) is 0 Å². The van der Waals surface area contributed by atoms with E-state index in [1.807, 2.05) is 55.5 Å². The maximum Gasteiger partial charge on any atom is 0.251 e. The van der Waals surface area contributed by atoms with E-state index in [2.05, 4.69) is 20.9 Å². The van der Waals surface area contributed by atoms with Crippen molar-refractivity contribution in [3.05, 3.63) is 65.2 Å². The van der Waals surface area contributed by atoms with Gasteiger partial charge in [-0.15, -0.1) is 24.0 Å². The monoisotopic (exact) mass is 496 g/mol. The number of hydrogen-bond acceptors (Lipinski definition) is 3. The molecule has 6 nitrogen and oxygen atoms in total. The molecule has 0 spiro atoms. The summed E-state index contributed by atoms with van der Waals surface area (Å²) in [6, 6.07) is 15.5. The molecule has 152 valence electrons. The highest BCUT2D eigenvalue weighted by Crippen LogP contribution is 2.16. The van der Waals surface area contributed by atoms with Gasteiger partial charge in [-0.3, -0.25) is 9.79 Å².